The molecule has 4 heteroatoms. The predicted molar refractivity (Wildman–Crippen MR) is 76.3 cm³/mol. The first-order valence-corrected chi connectivity index (χ1v) is 7.51. The Hall–Kier alpha value is -0.610. The molecule has 0 radical (unpaired) electrons. The van der Waals surface area contributed by atoms with Crippen LogP contribution in [0.2, 0.25) is 0 Å². The average Bonchev–Trinajstić information content (AvgIpc) is 2.35. The topological polar surface area (TPSA) is 58.6 Å². The predicted octanol–water partition coefficient (Wildman–Crippen LogP) is 2.81. The van der Waals surface area contributed by atoms with E-state index in [4.69, 9.17) is 4.74 Å². The monoisotopic (exact) mass is 271 g/mol. The molecule has 3 atom stereocenters. The molecule has 3 unspecified atom stereocenters. The van der Waals surface area contributed by atoms with Gasteiger partial charge in [0.2, 0.25) is 0 Å². The minimum atomic E-state index is -0.996. The lowest BCUT2D eigenvalue weighted by Gasteiger charge is -2.35. The number of ether oxygens (including phenoxy) is 1. The average molecular weight is 271 g/mol. The van der Waals surface area contributed by atoms with Crippen molar-refractivity contribution in [1.82, 2.24) is 5.32 Å². The Balaban J connectivity index is 2.57. The van der Waals surface area contributed by atoms with Gasteiger partial charge in [0, 0.05) is 6.04 Å². The maximum Gasteiger partial charge on any atom is 0.326 e. The second-order valence-corrected chi connectivity index (χ2v) is 6.24. The van der Waals surface area contributed by atoms with Crippen molar-refractivity contribution in [2.24, 2.45) is 5.92 Å². The van der Waals surface area contributed by atoms with Crippen LogP contribution in [0.1, 0.15) is 59.8 Å². The lowest BCUT2D eigenvalue weighted by molar-refractivity contribution is -0.149. The van der Waals surface area contributed by atoms with Crippen molar-refractivity contribution in [3.8, 4) is 0 Å². The van der Waals surface area contributed by atoms with Gasteiger partial charge < -0.3 is 9.84 Å². The maximum atomic E-state index is 11.4. The molecular formula is C15H29NO3. The third-order valence-corrected chi connectivity index (χ3v) is 4.03. The molecule has 0 aromatic carbocycles. The molecule has 1 aliphatic rings. The molecule has 19 heavy (non-hydrogen) atoms. The molecule has 0 aromatic rings. The highest BCUT2D eigenvalue weighted by Crippen LogP contribution is 2.29. The molecule has 2 N–H and O–H groups in total. The van der Waals surface area contributed by atoms with Crippen molar-refractivity contribution in [1.29, 1.82) is 0 Å². The number of carboxylic acids is 1. The second kappa shape index (κ2) is 7.25. The molecule has 1 rings (SSSR count). The Kier molecular flexibility index (Phi) is 6.27. The van der Waals surface area contributed by atoms with E-state index >= 15 is 0 Å². The van der Waals surface area contributed by atoms with Gasteiger partial charge in [-0.2, -0.15) is 0 Å². The highest BCUT2D eigenvalue weighted by molar-refractivity contribution is 5.78. The molecule has 0 saturated heterocycles. The number of nitrogens with one attached hydrogen (secondary N) is 1. The number of rotatable bonds is 7. The summed E-state index contributed by atoms with van der Waals surface area (Å²) >= 11 is 0. The standard InChI is InChI=1S/C15H29NO3/c1-5-12-8-6-7-9-13(12)19-10-15(4,14(17)18)16-11(2)3/h11-13,16H,5-10H2,1-4H3,(H,17,18). The molecule has 1 aliphatic carbocycles. The lowest BCUT2D eigenvalue weighted by Crippen LogP contribution is -2.56. The molecular weight excluding hydrogens is 242 g/mol. The molecule has 0 aromatic heterocycles. The van der Waals surface area contributed by atoms with Crippen LogP contribution >= 0.6 is 0 Å². The van der Waals surface area contributed by atoms with Gasteiger partial charge in [0.05, 0.1) is 12.7 Å². The van der Waals surface area contributed by atoms with Crippen molar-refractivity contribution < 1.29 is 14.6 Å². The lowest BCUT2D eigenvalue weighted by atomic mass is 9.84. The Labute approximate surface area is 116 Å². The zero-order chi connectivity index (χ0) is 14.5. The van der Waals surface area contributed by atoms with E-state index in [-0.39, 0.29) is 18.8 Å². The van der Waals surface area contributed by atoms with Crippen LogP contribution in [0.3, 0.4) is 0 Å². The minimum absolute atomic E-state index is 0.123. The van der Waals surface area contributed by atoms with Crippen molar-refractivity contribution >= 4 is 5.97 Å². The van der Waals surface area contributed by atoms with E-state index in [0.29, 0.717) is 5.92 Å². The Bertz CT molecular complexity index is 293. The Morgan fingerprint density at radius 3 is 2.58 bits per heavy atom. The smallest absolute Gasteiger partial charge is 0.326 e. The van der Waals surface area contributed by atoms with Gasteiger partial charge in [0.25, 0.3) is 0 Å². The zero-order valence-electron chi connectivity index (χ0n) is 12.7. The van der Waals surface area contributed by atoms with E-state index in [1.54, 1.807) is 6.92 Å². The van der Waals surface area contributed by atoms with Gasteiger partial charge in [0.1, 0.15) is 5.54 Å². The van der Waals surface area contributed by atoms with Crippen molar-refractivity contribution in [3.05, 3.63) is 0 Å². The number of carboxylic acid groups (broad SMARTS) is 1. The van der Waals surface area contributed by atoms with Crippen molar-refractivity contribution in [2.45, 2.75) is 77.5 Å². The molecule has 0 amide bonds. The molecule has 112 valence electrons. The summed E-state index contributed by atoms with van der Waals surface area (Å²) in [4.78, 5) is 11.4. The summed E-state index contributed by atoms with van der Waals surface area (Å²) in [5.41, 5.74) is -0.996. The fourth-order valence-electron chi connectivity index (χ4n) is 2.94. The van der Waals surface area contributed by atoms with Crippen LogP contribution in [0.15, 0.2) is 0 Å². The van der Waals surface area contributed by atoms with E-state index < -0.39 is 11.5 Å². The number of carbonyl (C=O) groups is 1. The molecule has 0 spiro atoms. The third kappa shape index (κ3) is 4.77. The van der Waals surface area contributed by atoms with Gasteiger partial charge in [-0.05, 0) is 39.5 Å². The largest absolute Gasteiger partial charge is 0.480 e. The quantitative estimate of drug-likeness (QED) is 0.747. The summed E-state index contributed by atoms with van der Waals surface area (Å²) in [6, 6.07) is 0.123. The second-order valence-electron chi connectivity index (χ2n) is 6.24. The van der Waals surface area contributed by atoms with Crippen molar-refractivity contribution in [3.63, 3.8) is 0 Å². The van der Waals surface area contributed by atoms with Crippen LogP contribution in [0, 0.1) is 5.92 Å². The van der Waals surface area contributed by atoms with E-state index in [1.807, 2.05) is 13.8 Å². The van der Waals surface area contributed by atoms with Gasteiger partial charge in [-0.1, -0.05) is 26.2 Å². The Morgan fingerprint density at radius 1 is 1.42 bits per heavy atom. The summed E-state index contributed by atoms with van der Waals surface area (Å²) in [6.45, 7) is 8.04. The maximum absolute atomic E-state index is 11.4. The minimum Gasteiger partial charge on any atom is -0.480 e. The molecule has 4 nitrogen and oxygen atoms in total. The molecule has 0 bridgehead atoms. The van der Waals surface area contributed by atoms with Gasteiger partial charge >= 0.3 is 5.97 Å². The van der Waals surface area contributed by atoms with E-state index in [9.17, 15) is 9.90 Å². The van der Waals surface area contributed by atoms with Gasteiger partial charge in [-0.15, -0.1) is 0 Å². The van der Waals surface area contributed by atoms with Gasteiger partial charge in [-0.3, -0.25) is 10.1 Å². The molecule has 1 saturated carbocycles. The molecule has 0 heterocycles. The van der Waals surface area contributed by atoms with E-state index in [0.717, 1.165) is 12.8 Å². The highest BCUT2D eigenvalue weighted by Gasteiger charge is 2.36. The highest BCUT2D eigenvalue weighted by atomic mass is 16.5. The van der Waals surface area contributed by atoms with Crippen LogP contribution < -0.4 is 5.32 Å². The van der Waals surface area contributed by atoms with Gasteiger partial charge in [0.15, 0.2) is 0 Å². The number of hydrogen-bond donors (Lipinski definition) is 2. The zero-order valence-corrected chi connectivity index (χ0v) is 12.7. The van der Waals surface area contributed by atoms with E-state index in [1.165, 1.54) is 19.3 Å². The normalized spacial score (nSPS) is 27.2. The first kappa shape index (κ1) is 16.4. The number of hydrogen-bond acceptors (Lipinski definition) is 3. The fraction of sp³-hybridized carbons (Fsp3) is 0.933. The van der Waals surface area contributed by atoms with Crippen LogP contribution in [0.4, 0.5) is 0 Å². The fourth-order valence-corrected chi connectivity index (χ4v) is 2.94. The summed E-state index contributed by atoms with van der Waals surface area (Å²) < 4.78 is 5.97. The third-order valence-electron chi connectivity index (χ3n) is 4.03. The molecule has 1 fully saturated rings. The van der Waals surface area contributed by atoms with E-state index in [2.05, 4.69) is 12.2 Å². The van der Waals surface area contributed by atoms with Crippen LogP contribution in [-0.4, -0.2) is 35.4 Å². The Morgan fingerprint density at radius 2 is 2.05 bits per heavy atom. The van der Waals surface area contributed by atoms with Crippen LogP contribution in [0.25, 0.3) is 0 Å². The van der Waals surface area contributed by atoms with Crippen LogP contribution in [0.5, 0.6) is 0 Å². The molecule has 0 aliphatic heterocycles. The summed E-state index contributed by atoms with van der Waals surface area (Å²) in [7, 11) is 0. The van der Waals surface area contributed by atoms with Crippen LogP contribution in [-0.2, 0) is 9.53 Å². The first-order valence-electron chi connectivity index (χ1n) is 7.51. The summed E-state index contributed by atoms with van der Waals surface area (Å²) in [5, 5.41) is 12.5. The summed E-state index contributed by atoms with van der Waals surface area (Å²) in [6.07, 6.45) is 6.10. The van der Waals surface area contributed by atoms with Gasteiger partial charge in [-0.25, -0.2) is 0 Å². The number of aliphatic carboxylic acids is 1. The van der Waals surface area contributed by atoms with Crippen molar-refractivity contribution in [2.75, 3.05) is 6.61 Å². The SMILES string of the molecule is CCC1CCCCC1OCC(C)(NC(C)C)C(=O)O. The summed E-state index contributed by atoms with van der Waals surface area (Å²) in [5.74, 6) is -0.254. The first-order chi connectivity index (χ1) is 8.89.